The van der Waals surface area contributed by atoms with Crippen molar-refractivity contribution in [3.8, 4) is 0 Å². The van der Waals surface area contributed by atoms with E-state index >= 15 is 0 Å². The van der Waals surface area contributed by atoms with Gasteiger partial charge in [0.05, 0.1) is 0 Å². The van der Waals surface area contributed by atoms with E-state index in [2.05, 4.69) is 5.16 Å². The number of benzene rings is 4. The summed E-state index contributed by atoms with van der Waals surface area (Å²) in [6.45, 7) is 3.29. The molecule has 196 valence electrons. The van der Waals surface area contributed by atoms with Gasteiger partial charge in [-0.3, -0.25) is 9.59 Å². The second kappa shape index (κ2) is 13.7. The third-order valence-corrected chi connectivity index (χ3v) is 7.71. The molecule has 0 heterocycles. The molecule has 0 aromatic heterocycles. The SMILES string of the molecule is CC(=O)O/N=C(\CCSc1ccc(C)cc1)C(=O)c1ccc(Sc2ccc(C(=O)c3ccccc3)cc2)cc1. The number of carbonyl (C=O) groups excluding carboxylic acids is 3. The second-order valence-corrected chi connectivity index (χ2v) is 11.0. The third-order valence-electron chi connectivity index (χ3n) is 5.68. The third kappa shape index (κ3) is 8.27. The van der Waals surface area contributed by atoms with Gasteiger partial charge in [0.2, 0.25) is 5.78 Å². The summed E-state index contributed by atoms with van der Waals surface area (Å²) in [5.41, 5.74) is 3.14. The molecule has 5 nitrogen and oxygen atoms in total. The van der Waals surface area contributed by atoms with Gasteiger partial charge in [-0.05, 0) is 67.6 Å². The number of hydrogen-bond acceptors (Lipinski definition) is 7. The molecule has 0 unspecified atom stereocenters. The minimum Gasteiger partial charge on any atom is -0.318 e. The van der Waals surface area contributed by atoms with Gasteiger partial charge in [-0.1, -0.05) is 64.9 Å². The van der Waals surface area contributed by atoms with Crippen molar-refractivity contribution in [3.63, 3.8) is 0 Å². The Morgan fingerprint density at radius 3 is 1.82 bits per heavy atom. The highest BCUT2D eigenvalue weighted by molar-refractivity contribution is 7.99. The average molecular weight is 554 g/mol. The number of hydrogen-bond donors (Lipinski definition) is 0. The highest BCUT2D eigenvalue weighted by Gasteiger charge is 2.16. The summed E-state index contributed by atoms with van der Waals surface area (Å²) in [4.78, 5) is 44.9. The van der Waals surface area contributed by atoms with E-state index in [1.807, 2.05) is 85.8 Å². The van der Waals surface area contributed by atoms with Gasteiger partial charge in [0.25, 0.3) is 0 Å². The maximum Gasteiger partial charge on any atom is 0.331 e. The summed E-state index contributed by atoms with van der Waals surface area (Å²) in [6, 6.07) is 32.0. The van der Waals surface area contributed by atoms with Crippen LogP contribution in [-0.2, 0) is 9.63 Å². The fourth-order valence-electron chi connectivity index (χ4n) is 3.63. The van der Waals surface area contributed by atoms with E-state index in [1.54, 1.807) is 36.0 Å². The minimum absolute atomic E-state index is 0.0153. The van der Waals surface area contributed by atoms with Crippen molar-refractivity contribution >= 4 is 46.8 Å². The van der Waals surface area contributed by atoms with Gasteiger partial charge in [-0.15, -0.1) is 11.8 Å². The Kier molecular flexibility index (Phi) is 9.89. The molecule has 4 aromatic rings. The van der Waals surface area contributed by atoms with Crippen molar-refractivity contribution in [3.05, 3.63) is 125 Å². The van der Waals surface area contributed by atoms with Gasteiger partial charge in [0.15, 0.2) is 5.78 Å². The molecule has 0 radical (unpaired) electrons. The number of thioether (sulfide) groups is 1. The van der Waals surface area contributed by atoms with E-state index < -0.39 is 5.97 Å². The van der Waals surface area contributed by atoms with Gasteiger partial charge >= 0.3 is 5.97 Å². The zero-order valence-corrected chi connectivity index (χ0v) is 23.3. The number of carbonyl (C=O) groups is 3. The molecule has 0 N–H and O–H groups in total. The van der Waals surface area contributed by atoms with Crippen molar-refractivity contribution in [2.24, 2.45) is 5.16 Å². The summed E-state index contributed by atoms with van der Waals surface area (Å²) >= 11 is 3.15. The topological polar surface area (TPSA) is 72.8 Å². The Labute approximate surface area is 236 Å². The predicted molar refractivity (Wildman–Crippen MR) is 157 cm³/mol. The molecule has 0 saturated carbocycles. The lowest BCUT2D eigenvalue weighted by Gasteiger charge is -2.08. The van der Waals surface area contributed by atoms with E-state index in [9.17, 15) is 14.4 Å². The molecule has 0 bridgehead atoms. The molecular weight excluding hydrogens is 526 g/mol. The Morgan fingerprint density at radius 2 is 1.23 bits per heavy atom. The smallest absolute Gasteiger partial charge is 0.318 e. The molecule has 4 rings (SSSR count). The first-order valence-electron chi connectivity index (χ1n) is 12.4. The fraction of sp³-hybridized carbons (Fsp3) is 0.125. The average Bonchev–Trinajstić information content (AvgIpc) is 2.96. The van der Waals surface area contributed by atoms with Gasteiger partial charge in [0, 0.05) is 50.5 Å². The molecular formula is C32H27NO4S2. The van der Waals surface area contributed by atoms with Crippen LogP contribution in [-0.4, -0.2) is 29.0 Å². The first-order chi connectivity index (χ1) is 18.9. The monoisotopic (exact) mass is 553 g/mol. The zero-order chi connectivity index (χ0) is 27.6. The molecule has 0 aliphatic heterocycles. The Balaban J connectivity index is 1.39. The van der Waals surface area contributed by atoms with Crippen LogP contribution in [0.15, 0.2) is 123 Å². The van der Waals surface area contributed by atoms with Gasteiger partial charge < -0.3 is 4.84 Å². The number of Topliss-reactive ketones (excluding diaryl/α,β-unsaturated/α-hetero) is 1. The molecule has 7 heteroatoms. The highest BCUT2D eigenvalue weighted by atomic mass is 32.2. The van der Waals surface area contributed by atoms with Gasteiger partial charge in [0.1, 0.15) is 5.71 Å². The van der Waals surface area contributed by atoms with E-state index in [-0.39, 0.29) is 17.3 Å². The van der Waals surface area contributed by atoms with Crippen molar-refractivity contribution < 1.29 is 19.2 Å². The van der Waals surface area contributed by atoms with E-state index in [0.29, 0.717) is 28.9 Å². The van der Waals surface area contributed by atoms with Gasteiger partial charge in [-0.2, -0.15) is 0 Å². The maximum absolute atomic E-state index is 13.2. The molecule has 0 aliphatic rings. The molecule has 39 heavy (non-hydrogen) atoms. The van der Waals surface area contributed by atoms with Gasteiger partial charge in [-0.25, -0.2) is 4.79 Å². The summed E-state index contributed by atoms with van der Waals surface area (Å²) in [5.74, 6) is -0.250. The lowest BCUT2D eigenvalue weighted by Crippen LogP contribution is -2.16. The molecule has 0 atom stereocenters. The lowest BCUT2D eigenvalue weighted by molar-refractivity contribution is -0.140. The zero-order valence-electron chi connectivity index (χ0n) is 21.6. The van der Waals surface area contributed by atoms with Crippen LogP contribution in [0.1, 0.15) is 45.2 Å². The van der Waals surface area contributed by atoms with Crippen molar-refractivity contribution in [2.75, 3.05) is 5.75 Å². The highest BCUT2D eigenvalue weighted by Crippen LogP contribution is 2.29. The van der Waals surface area contributed by atoms with Crippen molar-refractivity contribution in [2.45, 2.75) is 35.0 Å². The van der Waals surface area contributed by atoms with Crippen LogP contribution in [0.4, 0.5) is 0 Å². The van der Waals surface area contributed by atoms with Crippen LogP contribution in [0.3, 0.4) is 0 Å². The molecule has 0 aliphatic carbocycles. The van der Waals surface area contributed by atoms with Crippen LogP contribution in [0, 0.1) is 6.92 Å². The molecule has 0 saturated heterocycles. The lowest BCUT2D eigenvalue weighted by atomic mass is 10.0. The number of oxime groups is 1. The standard InChI is InChI=1S/C32H27NO4S2/c1-22-8-14-27(15-9-22)38-21-20-30(33-37-23(2)34)32(36)26-12-18-29(19-13-26)39-28-16-10-25(11-17-28)31(35)24-6-4-3-5-7-24/h3-19H,20-21H2,1-2H3/b33-30+. The van der Waals surface area contributed by atoms with Crippen molar-refractivity contribution in [1.29, 1.82) is 0 Å². The molecule has 0 fully saturated rings. The second-order valence-electron chi connectivity index (χ2n) is 8.71. The van der Waals surface area contributed by atoms with E-state index in [4.69, 9.17) is 4.84 Å². The number of ketones is 2. The maximum atomic E-state index is 13.2. The quantitative estimate of drug-likeness (QED) is 0.0624. The number of nitrogens with zero attached hydrogens (tertiary/aromatic N) is 1. The number of rotatable bonds is 11. The summed E-state index contributed by atoms with van der Waals surface area (Å²) in [7, 11) is 0. The van der Waals surface area contributed by atoms with E-state index in [0.717, 1.165) is 14.7 Å². The molecule has 0 spiro atoms. The van der Waals surface area contributed by atoms with E-state index in [1.165, 1.54) is 24.2 Å². The number of aryl methyl sites for hydroxylation is 1. The Hall–Kier alpha value is -3.94. The Morgan fingerprint density at radius 1 is 0.692 bits per heavy atom. The van der Waals surface area contributed by atoms with Crippen LogP contribution in [0.5, 0.6) is 0 Å². The molecule has 0 amide bonds. The fourth-order valence-corrected chi connectivity index (χ4v) is 5.30. The van der Waals surface area contributed by atoms with Crippen LogP contribution >= 0.6 is 23.5 Å². The summed E-state index contributed by atoms with van der Waals surface area (Å²) in [5, 5.41) is 3.85. The first kappa shape index (κ1) is 28.1. The first-order valence-corrected chi connectivity index (χ1v) is 14.2. The normalized spacial score (nSPS) is 11.2. The Bertz CT molecular complexity index is 1460. The van der Waals surface area contributed by atoms with Crippen LogP contribution in [0.25, 0.3) is 0 Å². The summed E-state index contributed by atoms with van der Waals surface area (Å²) in [6.07, 6.45) is 0.356. The predicted octanol–water partition coefficient (Wildman–Crippen LogP) is 7.66. The summed E-state index contributed by atoms with van der Waals surface area (Å²) < 4.78 is 0. The minimum atomic E-state index is -0.574. The van der Waals surface area contributed by atoms with Crippen LogP contribution in [0.2, 0.25) is 0 Å². The molecule has 4 aromatic carbocycles. The van der Waals surface area contributed by atoms with Crippen molar-refractivity contribution in [1.82, 2.24) is 0 Å². The largest absolute Gasteiger partial charge is 0.331 e. The van der Waals surface area contributed by atoms with Crippen LogP contribution < -0.4 is 0 Å².